The van der Waals surface area contributed by atoms with Crippen molar-refractivity contribution in [3.63, 3.8) is 0 Å². The SMILES string of the molecule is O=C1NC(=O)C2(CCN(C(=O)Nc3cccc(Cl)c3)C2)N1. The lowest BCUT2D eigenvalue weighted by Crippen LogP contribution is -2.50. The Kier molecular flexibility index (Phi) is 3.21. The van der Waals surface area contributed by atoms with Crippen molar-refractivity contribution in [1.82, 2.24) is 15.5 Å². The van der Waals surface area contributed by atoms with Crippen molar-refractivity contribution in [1.29, 1.82) is 0 Å². The second-order valence-corrected chi connectivity index (χ2v) is 5.54. The molecule has 1 atom stereocenters. The molecule has 2 saturated heterocycles. The number of imide groups is 1. The number of anilines is 1. The fourth-order valence-electron chi connectivity index (χ4n) is 2.57. The van der Waals surface area contributed by atoms with Gasteiger partial charge in [0.1, 0.15) is 5.54 Å². The lowest BCUT2D eigenvalue weighted by atomic mass is 10.00. The molecule has 0 radical (unpaired) electrons. The molecule has 0 saturated carbocycles. The van der Waals surface area contributed by atoms with Gasteiger partial charge in [-0.05, 0) is 24.6 Å². The third-order valence-corrected chi connectivity index (χ3v) is 3.88. The summed E-state index contributed by atoms with van der Waals surface area (Å²) in [5.74, 6) is -0.384. The van der Waals surface area contributed by atoms with Gasteiger partial charge in [-0.25, -0.2) is 9.59 Å². The van der Waals surface area contributed by atoms with Crippen LogP contribution in [0.15, 0.2) is 24.3 Å². The van der Waals surface area contributed by atoms with Crippen molar-refractivity contribution < 1.29 is 14.4 Å². The summed E-state index contributed by atoms with van der Waals surface area (Å²) in [4.78, 5) is 36.7. The Morgan fingerprint density at radius 1 is 1.38 bits per heavy atom. The van der Waals surface area contributed by atoms with Crippen LogP contribution in [0.4, 0.5) is 15.3 Å². The van der Waals surface area contributed by atoms with Crippen LogP contribution in [0.3, 0.4) is 0 Å². The standard InChI is InChI=1S/C13H13ClN4O3/c14-8-2-1-3-9(6-8)15-12(21)18-5-4-13(7-18)10(19)16-11(20)17-13/h1-3,6H,4-5,7H2,(H,15,21)(H2,16,17,19,20). The molecule has 3 rings (SSSR count). The van der Waals surface area contributed by atoms with E-state index in [1.807, 2.05) is 0 Å². The molecule has 0 bridgehead atoms. The van der Waals surface area contributed by atoms with Gasteiger partial charge >= 0.3 is 12.1 Å². The first kappa shape index (κ1) is 13.7. The Bertz CT molecular complexity index is 636. The molecule has 0 aromatic heterocycles. The minimum absolute atomic E-state index is 0.150. The molecule has 21 heavy (non-hydrogen) atoms. The van der Waals surface area contributed by atoms with Crippen molar-refractivity contribution in [3.05, 3.63) is 29.3 Å². The smallest absolute Gasteiger partial charge is 0.322 e. The van der Waals surface area contributed by atoms with Gasteiger partial charge in [0.05, 0.1) is 6.54 Å². The van der Waals surface area contributed by atoms with Gasteiger partial charge in [-0.2, -0.15) is 0 Å². The summed E-state index contributed by atoms with van der Waals surface area (Å²) in [6, 6.07) is 5.95. The zero-order chi connectivity index (χ0) is 15.0. The summed E-state index contributed by atoms with van der Waals surface area (Å²) in [6.45, 7) is 0.539. The van der Waals surface area contributed by atoms with E-state index >= 15 is 0 Å². The van der Waals surface area contributed by atoms with E-state index in [2.05, 4.69) is 16.0 Å². The Balaban J connectivity index is 1.67. The van der Waals surface area contributed by atoms with E-state index in [1.165, 1.54) is 4.90 Å². The zero-order valence-corrected chi connectivity index (χ0v) is 11.7. The Labute approximate surface area is 125 Å². The molecule has 1 aromatic carbocycles. The van der Waals surface area contributed by atoms with E-state index in [0.29, 0.717) is 23.7 Å². The summed E-state index contributed by atoms with van der Waals surface area (Å²) >= 11 is 5.86. The van der Waals surface area contributed by atoms with Crippen molar-refractivity contribution in [2.45, 2.75) is 12.0 Å². The fraction of sp³-hybridized carbons (Fsp3) is 0.308. The second-order valence-electron chi connectivity index (χ2n) is 5.10. The number of rotatable bonds is 1. The third kappa shape index (κ3) is 2.52. The maximum atomic E-state index is 12.2. The van der Waals surface area contributed by atoms with E-state index in [-0.39, 0.29) is 18.5 Å². The Morgan fingerprint density at radius 3 is 2.86 bits per heavy atom. The zero-order valence-electron chi connectivity index (χ0n) is 11.0. The molecule has 8 heteroatoms. The molecular formula is C13H13ClN4O3. The van der Waals surface area contributed by atoms with E-state index < -0.39 is 11.6 Å². The molecule has 2 heterocycles. The number of amides is 5. The molecule has 1 aromatic rings. The van der Waals surface area contributed by atoms with E-state index in [1.54, 1.807) is 24.3 Å². The number of hydrogen-bond acceptors (Lipinski definition) is 3. The number of benzene rings is 1. The minimum atomic E-state index is -0.997. The van der Waals surface area contributed by atoms with Crippen LogP contribution in [0.2, 0.25) is 5.02 Å². The first-order chi connectivity index (χ1) is 9.98. The Morgan fingerprint density at radius 2 is 2.19 bits per heavy atom. The third-order valence-electron chi connectivity index (χ3n) is 3.65. The van der Waals surface area contributed by atoms with Crippen LogP contribution in [0.1, 0.15) is 6.42 Å². The molecule has 110 valence electrons. The van der Waals surface area contributed by atoms with E-state index in [9.17, 15) is 14.4 Å². The molecule has 2 aliphatic heterocycles. The summed E-state index contributed by atoms with van der Waals surface area (Å²) in [7, 11) is 0. The molecule has 1 spiro atoms. The average Bonchev–Trinajstić information content (AvgIpc) is 2.95. The van der Waals surface area contributed by atoms with Gasteiger partial charge in [-0.3, -0.25) is 10.1 Å². The predicted molar refractivity (Wildman–Crippen MR) is 76.1 cm³/mol. The van der Waals surface area contributed by atoms with E-state index in [4.69, 9.17) is 11.6 Å². The van der Waals surface area contributed by atoms with Crippen LogP contribution < -0.4 is 16.0 Å². The number of nitrogens with one attached hydrogen (secondary N) is 3. The minimum Gasteiger partial charge on any atom is -0.322 e. The van der Waals surface area contributed by atoms with Crippen molar-refractivity contribution in [2.75, 3.05) is 18.4 Å². The monoisotopic (exact) mass is 308 g/mol. The predicted octanol–water partition coefficient (Wildman–Crippen LogP) is 1.16. The molecule has 0 aliphatic carbocycles. The number of carbonyl (C=O) groups excluding carboxylic acids is 3. The average molecular weight is 309 g/mol. The molecule has 2 fully saturated rings. The normalized spacial score (nSPS) is 24.1. The molecule has 7 nitrogen and oxygen atoms in total. The lowest BCUT2D eigenvalue weighted by Gasteiger charge is -2.21. The van der Waals surface area contributed by atoms with Crippen LogP contribution in [0.5, 0.6) is 0 Å². The topological polar surface area (TPSA) is 90.5 Å². The highest BCUT2D eigenvalue weighted by molar-refractivity contribution is 6.30. The summed E-state index contributed by atoms with van der Waals surface area (Å²) < 4.78 is 0. The number of nitrogens with zero attached hydrogens (tertiary/aromatic N) is 1. The lowest BCUT2D eigenvalue weighted by molar-refractivity contribution is -0.123. The van der Waals surface area contributed by atoms with Gasteiger partial charge in [-0.1, -0.05) is 17.7 Å². The summed E-state index contributed by atoms with van der Waals surface area (Å²) in [6.07, 6.45) is 0.396. The van der Waals surface area contributed by atoms with Gasteiger partial charge < -0.3 is 15.5 Å². The largest absolute Gasteiger partial charge is 0.322 e. The Hall–Kier alpha value is -2.28. The van der Waals surface area contributed by atoms with Crippen molar-refractivity contribution in [3.8, 4) is 0 Å². The quantitative estimate of drug-likeness (QED) is 0.680. The maximum Gasteiger partial charge on any atom is 0.322 e. The van der Waals surface area contributed by atoms with Gasteiger partial charge in [0, 0.05) is 17.3 Å². The molecule has 3 N–H and O–H groups in total. The van der Waals surface area contributed by atoms with E-state index in [0.717, 1.165) is 0 Å². The summed E-state index contributed by atoms with van der Waals surface area (Å²) in [5.41, 5.74) is -0.420. The first-order valence-corrected chi connectivity index (χ1v) is 6.81. The van der Waals surface area contributed by atoms with Gasteiger partial charge in [0.25, 0.3) is 5.91 Å². The highest BCUT2D eigenvalue weighted by atomic mass is 35.5. The number of likely N-dealkylation sites (tertiary alicyclic amines) is 1. The molecule has 5 amide bonds. The molecule has 2 aliphatic rings. The number of urea groups is 2. The van der Waals surface area contributed by atoms with Gasteiger partial charge in [-0.15, -0.1) is 0 Å². The van der Waals surface area contributed by atoms with Crippen LogP contribution in [-0.4, -0.2) is 41.5 Å². The first-order valence-electron chi connectivity index (χ1n) is 6.44. The summed E-state index contributed by atoms with van der Waals surface area (Å²) in [5, 5.41) is 8.03. The number of hydrogen-bond donors (Lipinski definition) is 3. The maximum absolute atomic E-state index is 12.2. The second kappa shape index (κ2) is 4.92. The van der Waals surface area contributed by atoms with Crippen LogP contribution >= 0.6 is 11.6 Å². The molecule has 1 unspecified atom stereocenters. The van der Waals surface area contributed by atoms with Gasteiger partial charge in [0.15, 0.2) is 0 Å². The number of carbonyl (C=O) groups is 3. The number of halogens is 1. The van der Waals surface area contributed by atoms with Crippen LogP contribution in [-0.2, 0) is 4.79 Å². The van der Waals surface area contributed by atoms with Crippen LogP contribution in [0.25, 0.3) is 0 Å². The van der Waals surface area contributed by atoms with Crippen LogP contribution in [0, 0.1) is 0 Å². The van der Waals surface area contributed by atoms with Crippen molar-refractivity contribution >= 4 is 35.3 Å². The highest BCUT2D eigenvalue weighted by Crippen LogP contribution is 2.25. The fourth-order valence-corrected chi connectivity index (χ4v) is 2.76. The highest BCUT2D eigenvalue weighted by Gasteiger charge is 2.51. The van der Waals surface area contributed by atoms with Crippen molar-refractivity contribution in [2.24, 2.45) is 0 Å². The van der Waals surface area contributed by atoms with Gasteiger partial charge in [0.2, 0.25) is 0 Å². The molecular weight excluding hydrogens is 296 g/mol.